The van der Waals surface area contributed by atoms with Crippen molar-refractivity contribution >= 4 is 16.5 Å². The Labute approximate surface area is 129 Å². The van der Waals surface area contributed by atoms with E-state index in [1.165, 1.54) is 13.3 Å². The molecule has 0 radical (unpaired) electrons. The molecule has 0 N–H and O–H groups in total. The Balaban J connectivity index is 1.96. The van der Waals surface area contributed by atoms with Crippen LogP contribution in [0.15, 0.2) is 28.9 Å². The first-order chi connectivity index (χ1) is 10.6. The summed E-state index contributed by atoms with van der Waals surface area (Å²) in [6.07, 6.45) is 3.42. The Morgan fingerprint density at radius 1 is 1.41 bits per heavy atom. The summed E-state index contributed by atoms with van der Waals surface area (Å²) in [5.41, 5.74) is 1.32. The zero-order valence-corrected chi connectivity index (χ0v) is 12.8. The third kappa shape index (κ3) is 2.89. The Morgan fingerprint density at radius 3 is 2.82 bits per heavy atom. The molecule has 1 aromatic carbocycles. The van der Waals surface area contributed by atoms with Crippen molar-refractivity contribution in [2.24, 2.45) is 0 Å². The molecule has 1 fully saturated rings. The van der Waals surface area contributed by atoms with E-state index in [-0.39, 0.29) is 17.5 Å². The smallest absolute Gasteiger partial charge is 0.198 e. The number of hydrogen-bond donors (Lipinski definition) is 1. The van der Waals surface area contributed by atoms with E-state index in [0.717, 1.165) is 12.8 Å². The van der Waals surface area contributed by atoms with Crippen molar-refractivity contribution < 1.29 is 22.5 Å². The summed E-state index contributed by atoms with van der Waals surface area (Å²) in [5.74, 6) is 0.961. The molecule has 0 bridgehead atoms. The first-order valence-electron chi connectivity index (χ1n) is 6.88. The Bertz CT molecular complexity index is 781. The lowest BCUT2D eigenvalue weighted by molar-refractivity contribution is 0.103. The minimum absolute atomic E-state index is 0.168. The normalized spacial score (nSPS) is 14.3. The van der Waals surface area contributed by atoms with Crippen molar-refractivity contribution in [2.75, 3.05) is 7.11 Å². The molecule has 0 amide bonds. The number of thiol groups is 1. The molecule has 0 unspecified atom stereocenters. The van der Waals surface area contributed by atoms with Crippen LogP contribution in [0.1, 0.15) is 46.0 Å². The monoisotopic (exact) mass is 321 g/mol. The highest BCUT2D eigenvalue weighted by molar-refractivity contribution is 7.71. The van der Waals surface area contributed by atoms with Gasteiger partial charge in [0.1, 0.15) is 16.5 Å². The van der Waals surface area contributed by atoms with Gasteiger partial charge in [-0.1, -0.05) is 5.16 Å². The number of rotatable bonds is 6. The summed E-state index contributed by atoms with van der Waals surface area (Å²) in [6, 6.07) is 4.77. The number of ether oxygens (including phenoxy) is 1. The van der Waals surface area contributed by atoms with Crippen molar-refractivity contribution in [3.8, 4) is 5.75 Å². The van der Waals surface area contributed by atoms with Gasteiger partial charge in [-0.05, 0) is 31.0 Å². The lowest BCUT2D eigenvalue weighted by Gasteiger charge is -2.08. The van der Waals surface area contributed by atoms with Crippen LogP contribution < -0.4 is 4.74 Å². The number of aromatic nitrogens is 1. The highest BCUT2D eigenvalue weighted by atomic mass is 32.2. The second-order valence-electron chi connectivity index (χ2n) is 5.22. The highest BCUT2D eigenvalue weighted by Gasteiger charge is 2.32. The summed E-state index contributed by atoms with van der Waals surface area (Å²) in [5, 5.41) is 3.72. The van der Waals surface area contributed by atoms with Crippen LogP contribution in [-0.4, -0.2) is 26.5 Å². The number of carbonyl (C=O) groups excluding carboxylic acids is 1. The molecule has 0 atom stereocenters. The maximum atomic E-state index is 12.6. The fourth-order valence-corrected chi connectivity index (χ4v) is 2.92. The van der Waals surface area contributed by atoms with Gasteiger partial charge >= 0.3 is 0 Å². The van der Waals surface area contributed by atoms with Crippen molar-refractivity contribution in [3.05, 3.63) is 46.8 Å². The summed E-state index contributed by atoms with van der Waals surface area (Å²) in [7, 11) is -1.14. The molecular weight excluding hydrogens is 306 g/mol. The first-order valence-corrected chi connectivity index (χ1v) is 8.24. The van der Waals surface area contributed by atoms with Crippen LogP contribution in [0, 0.1) is 0 Å². The molecule has 22 heavy (non-hydrogen) atoms. The largest absolute Gasteiger partial charge is 0.496 e. The van der Waals surface area contributed by atoms with Gasteiger partial charge in [0.15, 0.2) is 11.5 Å². The van der Waals surface area contributed by atoms with Crippen LogP contribution in [0.25, 0.3) is 0 Å². The molecule has 3 rings (SSSR count). The molecule has 7 heteroatoms. The summed E-state index contributed by atoms with van der Waals surface area (Å²) in [6.45, 7) is 0. The number of benzene rings is 1. The molecule has 1 aromatic heterocycles. The third-order valence-electron chi connectivity index (χ3n) is 3.63. The molecule has 1 aliphatic rings. The molecule has 1 saturated carbocycles. The minimum atomic E-state index is -2.60. The second-order valence-corrected chi connectivity index (χ2v) is 6.21. The lowest BCUT2D eigenvalue weighted by Crippen LogP contribution is -2.05. The fraction of sp³-hybridized carbons (Fsp3) is 0.333. The molecule has 0 aliphatic heterocycles. The van der Waals surface area contributed by atoms with Crippen molar-refractivity contribution in [1.29, 1.82) is 0 Å². The van der Waals surface area contributed by atoms with Crippen LogP contribution in [-0.2, 0) is 16.5 Å². The molecule has 6 nitrogen and oxygen atoms in total. The number of ketones is 1. The van der Waals surface area contributed by atoms with E-state index < -0.39 is 10.7 Å². The Kier molecular flexibility index (Phi) is 3.98. The molecule has 2 aromatic rings. The topological polar surface area (TPSA) is 86.5 Å². The fourth-order valence-electron chi connectivity index (χ4n) is 2.40. The standard InChI is InChI=1S/C15H15NO5S/c1-20-13-5-4-10(6-11(13)8-22(18)19)14(17)12-7-16-21-15(12)9-2-3-9/h4-7,9,22H,2-3,8H2,1H3. The van der Waals surface area contributed by atoms with Gasteiger partial charge in [-0.2, -0.15) is 0 Å². The average Bonchev–Trinajstić information content (AvgIpc) is 3.23. The van der Waals surface area contributed by atoms with Gasteiger partial charge in [-0.25, -0.2) is 8.42 Å². The summed E-state index contributed by atoms with van der Waals surface area (Å²) < 4.78 is 32.3. The number of methoxy groups -OCH3 is 1. The SMILES string of the molecule is COc1ccc(C(=O)c2cnoc2C2CC2)cc1C[SH](=O)=O. The Hall–Kier alpha value is -2.15. The van der Waals surface area contributed by atoms with E-state index in [2.05, 4.69) is 5.16 Å². The predicted octanol–water partition coefficient (Wildman–Crippen LogP) is 1.90. The van der Waals surface area contributed by atoms with Gasteiger partial charge < -0.3 is 9.26 Å². The number of hydrogen-bond acceptors (Lipinski definition) is 6. The van der Waals surface area contributed by atoms with E-state index in [4.69, 9.17) is 9.26 Å². The van der Waals surface area contributed by atoms with E-state index in [1.807, 2.05) is 0 Å². The maximum absolute atomic E-state index is 12.6. The molecule has 1 heterocycles. The summed E-state index contributed by atoms with van der Waals surface area (Å²) >= 11 is 0. The van der Waals surface area contributed by atoms with Crippen LogP contribution in [0.5, 0.6) is 5.75 Å². The minimum Gasteiger partial charge on any atom is -0.496 e. The van der Waals surface area contributed by atoms with E-state index in [0.29, 0.717) is 28.2 Å². The van der Waals surface area contributed by atoms with Crippen LogP contribution in [0.3, 0.4) is 0 Å². The molecule has 116 valence electrons. The van der Waals surface area contributed by atoms with E-state index >= 15 is 0 Å². The molecule has 1 aliphatic carbocycles. The van der Waals surface area contributed by atoms with Crippen molar-refractivity contribution in [3.63, 3.8) is 0 Å². The summed E-state index contributed by atoms with van der Waals surface area (Å²) in [4.78, 5) is 12.6. The molecule has 0 saturated heterocycles. The zero-order chi connectivity index (χ0) is 15.7. The van der Waals surface area contributed by atoms with Gasteiger partial charge in [-0.15, -0.1) is 0 Å². The first kappa shape index (κ1) is 14.8. The zero-order valence-electron chi connectivity index (χ0n) is 11.9. The molecular formula is C15H15NO5S. The van der Waals surface area contributed by atoms with Gasteiger partial charge in [0.25, 0.3) is 0 Å². The van der Waals surface area contributed by atoms with Crippen LogP contribution in [0.2, 0.25) is 0 Å². The van der Waals surface area contributed by atoms with E-state index in [1.54, 1.807) is 18.2 Å². The van der Waals surface area contributed by atoms with Crippen molar-refractivity contribution in [1.82, 2.24) is 5.16 Å². The van der Waals surface area contributed by atoms with Gasteiger partial charge in [-0.3, -0.25) is 4.79 Å². The average molecular weight is 321 g/mol. The quantitative estimate of drug-likeness (QED) is 0.646. The van der Waals surface area contributed by atoms with Crippen LogP contribution >= 0.6 is 0 Å². The molecule has 0 spiro atoms. The Morgan fingerprint density at radius 2 is 2.18 bits per heavy atom. The number of carbonyl (C=O) groups is 1. The van der Waals surface area contributed by atoms with Gasteiger partial charge in [0.2, 0.25) is 0 Å². The second kappa shape index (κ2) is 5.92. The predicted molar refractivity (Wildman–Crippen MR) is 78.9 cm³/mol. The van der Waals surface area contributed by atoms with Gasteiger partial charge in [0.05, 0.1) is 24.6 Å². The van der Waals surface area contributed by atoms with Gasteiger partial charge in [0, 0.05) is 17.0 Å². The maximum Gasteiger partial charge on any atom is 0.198 e. The lowest BCUT2D eigenvalue weighted by atomic mass is 10.0. The highest BCUT2D eigenvalue weighted by Crippen LogP contribution is 2.42. The van der Waals surface area contributed by atoms with Crippen LogP contribution in [0.4, 0.5) is 0 Å². The van der Waals surface area contributed by atoms with E-state index in [9.17, 15) is 13.2 Å². The third-order valence-corrected chi connectivity index (χ3v) is 4.23. The number of nitrogens with zero attached hydrogens (tertiary/aromatic N) is 1. The van der Waals surface area contributed by atoms with Crippen molar-refractivity contribution in [2.45, 2.75) is 24.5 Å².